The van der Waals surface area contributed by atoms with Crippen molar-refractivity contribution in [2.24, 2.45) is 0 Å². The van der Waals surface area contributed by atoms with Gasteiger partial charge in [-0.15, -0.1) is 0 Å². The van der Waals surface area contributed by atoms with E-state index in [0.29, 0.717) is 17.1 Å². The molecule has 1 aromatic carbocycles. The van der Waals surface area contributed by atoms with Gasteiger partial charge in [-0.3, -0.25) is 9.59 Å². The Morgan fingerprint density at radius 1 is 1.44 bits per heavy atom. The summed E-state index contributed by atoms with van der Waals surface area (Å²) < 4.78 is 0. The van der Waals surface area contributed by atoms with Crippen LogP contribution in [0.4, 0.5) is 0 Å². The summed E-state index contributed by atoms with van der Waals surface area (Å²) in [7, 11) is 0. The van der Waals surface area contributed by atoms with Gasteiger partial charge in [0.25, 0.3) is 5.91 Å². The van der Waals surface area contributed by atoms with Crippen LogP contribution in [0.2, 0.25) is 5.02 Å². The molecule has 1 unspecified atom stereocenters. The molecule has 1 amide bonds. The second-order valence-corrected chi connectivity index (χ2v) is 4.84. The van der Waals surface area contributed by atoms with E-state index in [1.165, 1.54) is 0 Å². The zero-order valence-electron chi connectivity index (χ0n) is 9.80. The van der Waals surface area contributed by atoms with Crippen LogP contribution >= 0.6 is 11.6 Å². The van der Waals surface area contributed by atoms with Crippen molar-refractivity contribution in [1.29, 1.82) is 0 Å². The van der Waals surface area contributed by atoms with Gasteiger partial charge in [0.1, 0.15) is 0 Å². The van der Waals surface area contributed by atoms with Crippen LogP contribution in [0.3, 0.4) is 0 Å². The number of carbonyl (C=O) groups excluding carboxylic acids is 1. The van der Waals surface area contributed by atoms with Gasteiger partial charge in [0.05, 0.1) is 6.42 Å². The molecule has 0 radical (unpaired) electrons. The summed E-state index contributed by atoms with van der Waals surface area (Å²) >= 11 is 5.85. The van der Waals surface area contributed by atoms with Gasteiger partial charge >= 0.3 is 5.97 Å². The molecule has 1 fully saturated rings. The van der Waals surface area contributed by atoms with Crippen molar-refractivity contribution in [3.8, 4) is 0 Å². The summed E-state index contributed by atoms with van der Waals surface area (Å²) in [5.41, 5.74) is 0.514. The highest BCUT2D eigenvalue weighted by atomic mass is 35.5. The SMILES string of the molecule is O=C(O)CC1CCCN1C(=O)c1cccc(Cl)c1. The molecule has 0 aromatic heterocycles. The number of carboxylic acids is 1. The van der Waals surface area contributed by atoms with E-state index in [9.17, 15) is 9.59 Å². The molecule has 1 aromatic rings. The first-order valence-electron chi connectivity index (χ1n) is 5.86. The monoisotopic (exact) mass is 267 g/mol. The molecule has 0 aliphatic carbocycles. The molecule has 0 saturated carbocycles. The van der Waals surface area contributed by atoms with Crippen molar-refractivity contribution < 1.29 is 14.7 Å². The molecule has 1 N–H and O–H groups in total. The lowest BCUT2D eigenvalue weighted by molar-refractivity contribution is -0.137. The van der Waals surface area contributed by atoms with Gasteiger partial charge in [-0.1, -0.05) is 17.7 Å². The van der Waals surface area contributed by atoms with Crippen LogP contribution in [0.5, 0.6) is 0 Å². The van der Waals surface area contributed by atoms with Crippen molar-refractivity contribution in [2.45, 2.75) is 25.3 Å². The summed E-state index contributed by atoms with van der Waals surface area (Å²) in [5.74, 6) is -1.01. The first-order valence-corrected chi connectivity index (χ1v) is 6.24. The molecule has 1 saturated heterocycles. The van der Waals surface area contributed by atoms with Crippen LogP contribution in [0.1, 0.15) is 29.6 Å². The predicted molar refractivity (Wildman–Crippen MR) is 67.8 cm³/mol. The Kier molecular flexibility index (Phi) is 3.87. The number of rotatable bonds is 3. The highest BCUT2D eigenvalue weighted by molar-refractivity contribution is 6.30. The highest BCUT2D eigenvalue weighted by Gasteiger charge is 2.30. The molecular weight excluding hydrogens is 254 g/mol. The van der Waals surface area contributed by atoms with Crippen LogP contribution in [0.15, 0.2) is 24.3 Å². The Morgan fingerprint density at radius 3 is 2.89 bits per heavy atom. The van der Waals surface area contributed by atoms with Gasteiger partial charge in [0.15, 0.2) is 0 Å². The molecule has 0 spiro atoms. The fourth-order valence-electron chi connectivity index (χ4n) is 2.30. The van der Waals surface area contributed by atoms with E-state index in [4.69, 9.17) is 16.7 Å². The van der Waals surface area contributed by atoms with Gasteiger partial charge in [-0.2, -0.15) is 0 Å². The number of halogens is 1. The lowest BCUT2D eigenvalue weighted by Gasteiger charge is -2.23. The molecule has 96 valence electrons. The maximum absolute atomic E-state index is 12.3. The third-order valence-corrected chi connectivity index (χ3v) is 3.35. The van der Waals surface area contributed by atoms with Crippen molar-refractivity contribution in [1.82, 2.24) is 4.90 Å². The lowest BCUT2D eigenvalue weighted by Crippen LogP contribution is -2.36. The van der Waals surface area contributed by atoms with E-state index < -0.39 is 5.97 Å². The third kappa shape index (κ3) is 2.82. The minimum Gasteiger partial charge on any atom is -0.481 e. The smallest absolute Gasteiger partial charge is 0.305 e. The number of amides is 1. The minimum atomic E-state index is -0.870. The first kappa shape index (κ1) is 12.9. The molecular formula is C13H14ClNO3. The van der Waals surface area contributed by atoms with Crippen molar-refractivity contribution >= 4 is 23.5 Å². The summed E-state index contributed by atoms with van der Waals surface area (Å²) in [6.45, 7) is 0.614. The molecule has 1 aliphatic heterocycles. The second kappa shape index (κ2) is 5.40. The Hall–Kier alpha value is -1.55. The van der Waals surface area contributed by atoms with Crippen molar-refractivity contribution in [3.05, 3.63) is 34.9 Å². The van der Waals surface area contributed by atoms with Crippen LogP contribution in [-0.2, 0) is 4.79 Å². The number of nitrogens with zero attached hydrogens (tertiary/aromatic N) is 1. The van der Waals surface area contributed by atoms with Crippen LogP contribution in [0.25, 0.3) is 0 Å². The highest BCUT2D eigenvalue weighted by Crippen LogP contribution is 2.23. The average Bonchev–Trinajstić information content (AvgIpc) is 2.75. The van der Waals surface area contributed by atoms with Gasteiger partial charge in [0.2, 0.25) is 0 Å². The van der Waals surface area contributed by atoms with Crippen molar-refractivity contribution in [2.75, 3.05) is 6.54 Å². The predicted octanol–water partition coefficient (Wildman–Crippen LogP) is 2.42. The van der Waals surface area contributed by atoms with Crippen LogP contribution in [0, 0.1) is 0 Å². The Morgan fingerprint density at radius 2 is 2.22 bits per heavy atom. The largest absolute Gasteiger partial charge is 0.481 e. The zero-order valence-corrected chi connectivity index (χ0v) is 10.6. The Bertz CT molecular complexity index is 475. The van der Waals surface area contributed by atoms with E-state index in [1.54, 1.807) is 29.2 Å². The van der Waals surface area contributed by atoms with E-state index in [2.05, 4.69) is 0 Å². The van der Waals surface area contributed by atoms with Crippen LogP contribution in [-0.4, -0.2) is 34.5 Å². The fourth-order valence-corrected chi connectivity index (χ4v) is 2.49. The summed E-state index contributed by atoms with van der Waals surface area (Å²) in [6, 6.07) is 6.54. The van der Waals surface area contributed by atoms with E-state index in [0.717, 1.165) is 12.8 Å². The zero-order chi connectivity index (χ0) is 13.1. The number of hydrogen-bond acceptors (Lipinski definition) is 2. The molecule has 2 rings (SSSR count). The number of carbonyl (C=O) groups is 2. The number of carboxylic acid groups (broad SMARTS) is 1. The van der Waals surface area contributed by atoms with Gasteiger partial charge < -0.3 is 10.0 Å². The quantitative estimate of drug-likeness (QED) is 0.915. The summed E-state index contributed by atoms with van der Waals surface area (Å²) in [5, 5.41) is 9.34. The number of likely N-dealkylation sites (tertiary alicyclic amines) is 1. The van der Waals surface area contributed by atoms with Gasteiger partial charge in [0, 0.05) is 23.2 Å². The maximum atomic E-state index is 12.3. The van der Waals surface area contributed by atoms with Crippen molar-refractivity contribution in [3.63, 3.8) is 0 Å². The first-order chi connectivity index (χ1) is 8.58. The lowest BCUT2D eigenvalue weighted by atomic mass is 10.1. The van der Waals surface area contributed by atoms with E-state index in [1.807, 2.05) is 0 Å². The van der Waals surface area contributed by atoms with Crippen LogP contribution < -0.4 is 0 Å². The molecule has 4 nitrogen and oxygen atoms in total. The Labute approximate surface area is 110 Å². The summed E-state index contributed by atoms with van der Waals surface area (Å²) in [6.07, 6.45) is 1.61. The molecule has 5 heteroatoms. The molecule has 0 bridgehead atoms. The number of aliphatic carboxylic acids is 1. The minimum absolute atomic E-state index is 0.00626. The second-order valence-electron chi connectivity index (χ2n) is 4.40. The van der Waals surface area contributed by atoms with Gasteiger partial charge in [-0.05, 0) is 31.0 Å². The van der Waals surface area contributed by atoms with Gasteiger partial charge in [-0.25, -0.2) is 0 Å². The number of hydrogen-bond donors (Lipinski definition) is 1. The standard InChI is InChI=1S/C13H14ClNO3/c14-10-4-1-3-9(7-10)13(18)15-6-2-5-11(15)8-12(16)17/h1,3-4,7,11H,2,5-6,8H2,(H,16,17). The molecule has 1 aliphatic rings. The molecule has 1 atom stereocenters. The topological polar surface area (TPSA) is 57.6 Å². The summed E-state index contributed by atoms with van der Waals surface area (Å²) in [4.78, 5) is 24.7. The normalized spacial score (nSPS) is 18.9. The number of benzene rings is 1. The van der Waals surface area contributed by atoms with E-state index >= 15 is 0 Å². The average molecular weight is 268 g/mol. The molecule has 18 heavy (non-hydrogen) atoms. The molecule has 1 heterocycles. The maximum Gasteiger partial charge on any atom is 0.305 e. The third-order valence-electron chi connectivity index (χ3n) is 3.12. The fraction of sp³-hybridized carbons (Fsp3) is 0.385. The Balaban J connectivity index is 2.15. The van der Waals surface area contributed by atoms with E-state index in [-0.39, 0.29) is 18.4 Å².